The van der Waals surface area contributed by atoms with E-state index in [0.29, 0.717) is 24.2 Å². The Morgan fingerprint density at radius 2 is 1.75 bits per heavy atom. The second-order valence-electron chi connectivity index (χ2n) is 9.49. The number of sulfonamides is 1. The number of benzene rings is 2. The lowest BCUT2D eigenvalue weighted by Crippen LogP contribution is -2.49. The van der Waals surface area contributed by atoms with Gasteiger partial charge in [0.15, 0.2) is 0 Å². The highest BCUT2D eigenvalue weighted by molar-refractivity contribution is 7.92. The zero-order valence-electron chi connectivity index (χ0n) is 21.8. The molecule has 1 atom stereocenters. The number of nitrogens with zero attached hydrogens (tertiary/aromatic N) is 2. The van der Waals surface area contributed by atoms with Crippen molar-refractivity contribution in [2.24, 2.45) is 5.92 Å². The molecule has 2 aromatic rings. The zero-order chi connectivity index (χ0) is 26.9. The summed E-state index contributed by atoms with van der Waals surface area (Å²) in [6.07, 6.45) is 1.90. The molecule has 1 N–H and O–H groups in total. The molecule has 0 radical (unpaired) electrons. The molecule has 2 amide bonds. The Morgan fingerprint density at radius 3 is 2.31 bits per heavy atom. The summed E-state index contributed by atoms with van der Waals surface area (Å²) in [5.74, 6) is -0.616. The number of halogens is 1. The highest BCUT2D eigenvalue weighted by Gasteiger charge is 2.29. The minimum absolute atomic E-state index is 0.0625. The quantitative estimate of drug-likeness (QED) is 0.428. The highest BCUT2D eigenvalue weighted by Crippen LogP contribution is 2.21. The normalized spacial score (nSPS) is 12.3. The third-order valence-corrected chi connectivity index (χ3v) is 6.97. The number of aryl methyl sites for hydroxylation is 1. The number of carbonyl (C=O) groups excluding carboxylic acids is 2. The molecular formula is C27H38FN3O4S. The van der Waals surface area contributed by atoms with Crippen molar-refractivity contribution in [3.8, 4) is 0 Å². The number of anilines is 1. The van der Waals surface area contributed by atoms with E-state index in [9.17, 15) is 22.4 Å². The Hall–Kier alpha value is -2.94. The smallest absolute Gasteiger partial charge is 0.242 e. The second kappa shape index (κ2) is 13.4. The van der Waals surface area contributed by atoms with E-state index in [4.69, 9.17) is 0 Å². The molecule has 0 aliphatic heterocycles. The predicted molar refractivity (Wildman–Crippen MR) is 141 cm³/mol. The molecular weight excluding hydrogens is 481 g/mol. The molecule has 0 aromatic heterocycles. The summed E-state index contributed by atoms with van der Waals surface area (Å²) in [5.41, 5.74) is 2.19. The highest BCUT2D eigenvalue weighted by atomic mass is 32.2. The van der Waals surface area contributed by atoms with Crippen molar-refractivity contribution >= 4 is 27.5 Å². The predicted octanol–water partition coefficient (Wildman–Crippen LogP) is 4.26. The van der Waals surface area contributed by atoms with Gasteiger partial charge in [-0.3, -0.25) is 13.9 Å². The van der Waals surface area contributed by atoms with Crippen LogP contribution in [0.5, 0.6) is 0 Å². The van der Waals surface area contributed by atoms with Gasteiger partial charge in [-0.1, -0.05) is 45.0 Å². The number of hydrogen-bond donors (Lipinski definition) is 1. The van der Waals surface area contributed by atoms with Crippen molar-refractivity contribution in [1.82, 2.24) is 10.2 Å². The van der Waals surface area contributed by atoms with E-state index in [-0.39, 0.29) is 49.5 Å². The molecule has 0 spiro atoms. The standard InChI is InChI=1S/C27H38FN3O4S/c1-6-25(27(33)29-18-20(2)3)30(19-22-12-14-23(28)15-13-22)26(32)11-8-16-31(36(5,34)35)24-10-7-9-21(4)17-24/h7,9-10,12-15,17,20,25H,6,8,11,16,18-19H2,1-5H3,(H,29,33)/t25-/m1/s1. The van der Waals surface area contributed by atoms with Crippen molar-refractivity contribution in [3.05, 3.63) is 65.5 Å². The Labute approximate surface area is 214 Å². The van der Waals surface area contributed by atoms with E-state index in [1.165, 1.54) is 21.3 Å². The second-order valence-corrected chi connectivity index (χ2v) is 11.4. The van der Waals surface area contributed by atoms with Crippen LogP contribution in [-0.4, -0.2) is 50.5 Å². The Balaban J connectivity index is 2.20. The lowest BCUT2D eigenvalue weighted by molar-refractivity contribution is -0.141. The van der Waals surface area contributed by atoms with E-state index in [2.05, 4.69) is 5.32 Å². The fourth-order valence-electron chi connectivity index (χ4n) is 3.92. The fraction of sp³-hybridized carbons (Fsp3) is 0.481. The van der Waals surface area contributed by atoms with Crippen molar-refractivity contribution in [2.45, 2.75) is 59.5 Å². The van der Waals surface area contributed by atoms with Crippen LogP contribution >= 0.6 is 0 Å². The monoisotopic (exact) mass is 519 g/mol. The summed E-state index contributed by atoms with van der Waals surface area (Å²) in [7, 11) is -3.55. The van der Waals surface area contributed by atoms with Crippen LogP contribution in [0.15, 0.2) is 48.5 Å². The third-order valence-electron chi connectivity index (χ3n) is 5.78. The number of amides is 2. The van der Waals surface area contributed by atoms with Gasteiger partial charge in [0.1, 0.15) is 11.9 Å². The van der Waals surface area contributed by atoms with Gasteiger partial charge in [0.2, 0.25) is 21.8 Å². The lowest BCUT2D eigenvalue weighted by Gasteiger charge is -2.31. The minimum Gasteiger partial charge on any atom is -0.354 e. The number of nitrogens with one attached hydrogen (secondary N) is 1. The van der Waals surface area contributed by atoms with Crippen LogP contribution in [0.25, 0.3) is 0 Å². The van der Waals surface area contributed by atoms with E-state index in [1.54, 1.807) is 30.3 Å². The van der Waals surface area contributed by atoms with Crippen LogP contribution in [0.2, 0.25) is 0 Å². The molecule has 0 saturated heterocycles. The molecule has 2 aromatic carbocycles. The average molecular weight is 520 g/mol. The van der Waals surface area contributed by atoms with Gasteiger partial charge in [-0.15, -0.1) is 0 Å². The van der Waals surface area contributed by atoms with Gasteiger partial charge in [-0.2, -0.15) is 0 Å². The van der Waals surface area contributed by atoms with Crippen LogP contribution < -0.4 is 9.62 Å². The maximum absolute atomic E-state index is 13.4. The third kappa shape index (κ3) is 8.93. The van der Waals surface area contributed by atoms with Crippen LogP contribution in [0.1, 0.15) is 51.2 Å². The van der Waals surface area contributed by atoms with E-state index in [1.807, 2.05) is 33.8 Å². The summed E-state index contributed by atoms with van der Waals surface area (Å²) >= 11 is 0. The Kier molecular flexibility index (Phi) is 10.9. The SMILES string of the molecule is CC[C@H](C(=O)NCC(C)C)N(Cc1ccc(F)cc1)C(=O)CCCN(c1cccc(C)c1)S(C)(=O)=O. The minimum atomic E-state index is -3.55. The Morgan fingerprint density at radius 1 is 1.08 bits per heavy atom. The van der Waals surface area contributed by atoms with E-state index >= 15 is 0 Å². The molecule has 0 saturated carbocycles. The van der Waals surface area contributed by atoms with Gasteiger partial charge >= 0.3 is 0 Å². The largest absolute Gasteiger partial charge is 0.354 e. The first kappa shape index (κ1) is 29.3. The molecule has 0 fully saturated rings. The molecule has 36 heavy (non-hydrogen) atoms. The molecule has 0 bridgehead atoms. The molecule has 2 rings (SSSR count). The molecule has 7 nitrogen and oxygen atoms in total. The van der Waals surface area contributed by atoms with Crippen LogP contribution in [0.4, 0.5) is 10.1 Å². The first-order chi connectivity index (χ1) is 16.9. The number of rotatable bonds is 13. The maximum Gasteiger partial charge on any atom is 0.242 e. The van der Waals surface area contributed by atoms with E-state index < -0.39 is 16.1 Å². The molecule has 0 aliphatic rings. The number of carbonyl (C=O) groups is 2. The van der Waals surface area contributed by atoms with Crippen molar-refractivity contribution in [1.29, 1.82) is 0 Å². The summed E-state index contributed by atoms with van der Waals surface area (Å²) < 4.78 is 39.6. The average Bonchev–Trinajstić information content (AvgIpc) is 2.80. The lowest BCUT2D eigenvalue weighted by atomic mass is 10.1. The summed E-state index contributed by atoms with van der Waals surface area (Å²) in [4.78, 5) is 27.8. The van der Waals surface area contributed by atoms with Crippen molar-refractivity contribution in [3.63, 3.8) is 0 Å². The van der Waals surface area contributed by atoms with Crippen LogP contribution in [0, 0.1) is 18.7 Å². The van der Waals surface area contributed by atoms with Gasteiger partial charge in [0, 0.05) is 26.1 Å². The summed E-state index contributed by atoms with van der Waals surface area (Å²) in [6, 6.07) is 12.3. The molecule has 0 heterocycles. The first-order valence-electron chi connectivity index (χ1n) is 12.3. The van der Waals surface area contributed by atoms with Crippen LogP contribution in [0.3, 0.4) is 0 Å². The zero-order valence-corrected chi connectivity index (χ0v) is 22.6. The van der Waals surface area contributed by atoms with Crippen molar-refractivity contribution < 1.29 is 22.4 Å². The Bertz CT molecular complexity index is 1120. The van der Waals surface area contributed by atoms with Gasteiger partial charge in [-0.05, 0) is 61.1 Å². The van der Waals surface area contributed by atoms with Gasteiger partial charge in [-0.25, -0.2) is 12.8 Å². The van der Waals surface area contributed by atoms with Gasteiger partial charge < -0.3 is 10.2 Å². The molecule has 9 heteroatoms. The number of hydrogen-bond acceptors (Lipinski definition) is 4. The topological polar surface area (TPSA) is 86.8 Å². The maximum atomic E-state index is 13.4. The molecule has 198 valence electrons. The van der Waals surface area contributed by atoms with Crippen LogP contribution in [-0.2, 0) is 26.2 Å². The van der Waals surface area contributed by atoms with E-state index in [0.717, 1.165) is 11.8 Å². The summed E-state index contributed by atoms with van der Waals surface area (Å²) in [6.45, 7) is 8.49. The summed E-state index contributed by atoms with van der Waals surface area (Å²) in [5, 5.41) is 2.90. The molecule has 0 unspecified atom stereocenters. The fourth-order valence-corrected chi connectivity index (χ4v) is 4.87. The molecule has 0 aliphatic carbocycles. The van der Waals surface area contributed by atoms with Gasteiger partial charge in [0.05, 0.1) is 11.9 Å². The van der Waals surface area contributed by atoms with Gasteiger partial charge in [0.25, 0.3) is 0 Å². The van der Waals surface area contributed by atoms with Crippen molar-refractivity contribution in [2.75, 3.05) is 23.7 Å². The first-order valence-corrected chi connectivity index (χ1v) is 14.1.